The van der Waals surface area contributed by atoms with Crippen LogP contribution in [0.25, 0.3) is 0 Å². The fraction of sp³-hybridized carbons (Fsp3) is 1.00. The molecule has 0 aliphatic heterocycles. The Kier molecular flexibility index (Phi) is 5.59. The van der Waals surface area contributed by atoms with Gasteiger partial charge in [-0.05, 0) is 12.3 Å². The minimum Gasteiger partial charge on any atom is -0.390 e. The Bertz CT molecular complexity index is 160. The number of rotatable bonds is 6. The van der Waals surface area contributed by atoms with Gasteiger partial charge in [-0.2, -0.15) is 0 Å². The molecule has 0 aromatic heterocycles. The highest BCUT2D eigenvalue weighted by Crippen LogP contribution is 2.17. The van der Waals surface area contributed by atoms with Crippen LogP contribution in [0.3, 0.4) is 0 Å². The summed E-state index contributed by atoms with van der Waals surface area (Å²) in [7, 11) is 0. The van der Waals surface area contributed by atoms with E-state index in [1.807, 2.05) is 20.8 Å². The molecule has 86 valence electrons. The minimum atomic E-state index is -1.22. The van der Waals surface area contributed by atoms with Gasteiger partial charge in [-0.3, -0.25) is 0 Å². The first kappa shape index (κ1) is 13.8. The van der Waals surface area contributed by atoms with Gasteiger partial charge in [0.05, 0.1) is 11.8 Å². The van der Waals surface area contributed by atoms with E-state index in [2.05, 4.69) is 0 Å². The van der Waals surface area contributed by atoms with Gasteiger partial charge in [0, 0.05) is 0 Å². The van der Waals surface area contributed by atoms with Gasteiger partial charge in [0.2, 0.25) is 0 Å². The summed E-state index contributed by atoms with van der Waals surface area (Å²) < 4.78 is 0. The van der Waals surface area contributed by atoms with E-state index in [4.69, 9.17) is 11.5 Å². The second kappa shape index (κ2) is 5.66. The number of hydrogen-bond donors (Lipinski definition) is 4. The molecular weight excluding hydrogens is 180 g/mol. The van der Waals surface area contributed by atoms with Crippen LogP contribution in [0, 0.1) is 5.92 Å². The third-order valence-corrected chi connectivity index (χ3v) is 2.73. The van der Waals surface area contributed by atoms with Gasteiger partial charge < -0.3 is 21.7 Å². The van der Waals surface area contributed by atoms with Gasteiger partial charge in [0.25, 0.3) is 0 Å². The average Bonchev–Trinajstić information content (AvgIpc) is 2.12. The normalized spacial score (nSPS) is 17.1. The van der Waals surface area contributed by atoms with Gasteiger partial charge in [-0.25, -0.2) is 0 Å². The van der Waals surface area contributed by atoms with Crippen LogP contribution in [-0.2, 0) is 0 Å². The zero-order valence-electron chi connectivity index (χ0n) is 9.40. The highest BCUT2D eigenvalue weighted by molar-refractivity contribution is 4.92. The molecule has 0 radical (unpaired) electrons. The SMILES string of the molecule is CCCCC(O)C(O)C(N)(N)C(C)C. The maximum Gasteiger partial charge on any atom is 0.111 e. The van der Waals surface area contributed by atoms with Crippen LogP contribution >= 0.6 is 0 Å². The van der Waals surface area contributed by atoms with E-state index in [1.165, 1.54) is 0 Å². The van der Waals surface area contributed by atoms with Crippen molar-refractivity contribution < 1.29 is 10.2 Å². The third-order valence-electron chi connectivity index (χ3n) is 2.73. The fourth-order valence-electron chi connectivity index (χ4n) is 1.25. The van der Waals surface area contributed by atoms with Crippen molar-refractivity contribution in [3.05, 3.63) is 0 Å². The number of nitrogens with two attached hydrogens (primary N) is 2. The highest BCUT2D eigenvalue weighted by Gasteiger charge is 2.36. The van der Waals surface area contributed by atoms with Crippen LogP contribution in [0.15, 0.2) is 0 Å². The summed E-state index contributed by atoms with van der Waals surface area (Å²) in [5, 5.41) is 19.4. The Balaban J connectivity index is 4.22. The van der Waals surface area contributed by atoms with Crippen molar-refractivity contribution in [3.63, 3.8) is 0 Å². The Morgan fingerprint density at radius 3 is 2.07 bits per heavy atom. The third kappa shape index (κ3) is 3.53. The Hall–Kier alpha value is -0.160. The van der Waals surface area contributed by atoms with E-state index in [9.17, 15) is 10.2 Å². The first-order valence-corrected chi connectivity index (χ1v) is 5.27. The van der Waals surface area contributed by atoms with Crippen molar-refractivity contribution in [2.75, 3.05) is 0 Å². The first-order chi connectivity index (χ1) is 6.34. The number of unbranched alkanes of at least 4 members (excludes halogenated alkanes) is 1. The van der Waals surface area contributed by atoms with Gasteiger partial charge in [-0.15, -0.1) is 0 Å². The van der Waals surface area contributed by atoms with Crippen molar-refractivity contribution in [3.8, 4) is 0 Å². The molecule has 6 N–H and O–H groups in total. The zero-order valence-corrected chi connectivity index (χ0v) is 9.40. The number of aliphatic hydroxyl groups excluding tert-OH is 2. The molecule has 0 aliphatic rings. The monoisotopic (exact) mass is 204 g/mol. The maximum atomic E-state index is 9.74. The molecule has 4 nitrogen and oxygen atoms in total. The minimum absolute atomic E-state index is 0.0752. The summed E-state index contributed by atoms with van der Waals surface area (Å²) in [5.41, 5.74) is 10.3. The molecule has 2 unspecified atom stereocenters. The van der Waals surface area contributed by atoms with E-state index in [0.717, 1.165) is 12.8 Å². The second-order valence-electron chi connectivity index (χ2n) is 4.31. The second-order valence-corrected chi connectivity index (χ2v) is 4.31. The lowest BCUT2D eigenvalue weighted by Gasteiger charge is -2.36. The molecule has 0 heterocycles. The summed E-state index contributed by atoms with van der Waals surface area (Å²) in [4.78, 5) is 0. The van der Waals surface area contributed by atoms with Gasteiger partial charge in [-0.1, -0.05) is 33.6 Å². The standard InChI is InChI=1S/C10H24N2O2/c1-4-5-6-8(13)9(14)10(11,12)7(2)3/h7-9,13-14H,4-6,11-12H2,1-3H3. The summed E-state index contributed by atoms with van der Waals surface area (Å²) in [5.74, 6) is -0.0752. The quantitative estimate of drug-likeness (QED) is 0.464. The molecule has 4 heteroatoms. The van der Waals surface area contributed by atoms with E-state index in [1.54, 1.807) is 0 Å². The molecule has 0 aliphatic carbocycles. The predicted molar refractivity (Wildman–Crippen MR) is 57.5 cm³/mol. The molecular formula is C10H24N2O2. The van der Waals surface area contributed by atoms with Crippen molar-refractivity contribution in [1.82, 2.24) is 0 Å². The van der Waals surface area contributed by atoms with Gasteiger partial charge in [0.1, 0.15) is 6.10 Å². The zero-order chi connectivity index (χ0) is 11.4. The van der Waals surface area contributed by atoms with Gasteiger partial charge in [0.15, 0.2) is 0 Å². The molecule has 0 spiro atoms. The molecule has 0 bridgehead atoms. The Morgan fingerprint density at radius 2 is 1.71 bits per heavy atom. The van der Waals surface area contributed by atoms with Crippen molar-refractivity contribution in [1.29, 1.82) is 0 Å². The highest BCUT2D eigenvalue weighted by atomic mass is 16.3. The predicted octanol–water partition coefficient (Wildman–Crippen LogP) is 0.168. The van der Waals surface area contributed by atoms with Crippen LogP contribution in [0.4, 0.5) is 0 Å². The summed E-state index contributed by atoms with van der Waals surface area (Å²) in [6.45, 7) is 5.69. The Labute approximate surface area is 86.3 Å². The Morgan fingerprint density at radius 1 is 1.21 bits per heavy atom. The van der Waals surface area contributed by atoms with Crippen LogP contribution in [0.5, 0.6) is 0 Å². The number of hydrogen-bond acceptors (Lipinski definition) is 4. The molecule has 2 atom stereocenters. The lowest BCUT2D eigenvalue weighted by atomic mass is 9.87. The van der Waals surface area contributed by atoms with Crippen LogP contribution in [-0.4, -0.2) is 28.1 Å². The molecule has 14 heavy (non-hydrogen) atoms. The maximum absolute atomic E-state index is 9.74. The van der Waals surface area contributed by atoms with Crippen molar-refractivity contribution >= 4 is 0 Å². The molecule has 0 aromatic carbocycles. The lowest BCUT2D eigenvalue weighted by Crippen LogP contribution is -2.65. The largest absolute Gasteiger partial charge is 0.390 e. The van der Waals surface area contributed by atoms with E-state index >= 15 is 0 Å². The number of aliphatic hydroxyl groups is 2. The van der Waals surface area contributed by atoms with Crippen LogP contribution in [0.1, 0.15) is 40.0 Å². The molecule has 0 saturated heterocycles. The van der Waals surface area contributed by atoms with Gasteiger partial charge >= 0.3 is 0 Å². The molecule has 0 amide bonds. The van der Waals surface area contributed by atoms with E-state index in [0.29, 0.717) is 6.42 Å². The average molecular weight is 204 g/mol. The molecule has 0 fully saturated rings. The molecule has 0 saturated carbocycles. The fourth-order valence-corrected chi connectivity index (χ4v) is 1.25. The lowest BCUT2D eigenvalue weighted by molar-refractivity contribution is -0.0459. The van der Waals surface area contributed by atoms with Crippen LogP contribution < -0.4 is 11.5 Å². The van der Waals surface area contributed by atoms with Crippen LogP contribution in [0.2, 0.25) is 0 Å². The van der Waals surface area contributed by atoms with Crippen molar-refractivity contribution in [2.24, 2.45) is 17.4 Å². The molecule has 0 rings (SSSR count). The summed E-state index contributed by atoms with van der Waals surface area (Å²) in [6, 6.07) is 0. The van der Waals surface area contributed by atoms with E-state index in [-0.39, 0.29) is 5.92 Å². The first-order valence-electron chi connectivity index (χ1n) is 5.27. The van der Waals surface area contributed by atoms with Crippen molar-refractivity contribution in [2.45, 2.75) is 57.9 Å². The summed E-state index contributed by atoms with van der Waals surface area (Å²) >= 11 is 0. The smallest absolute Gasteiger partial charge is 0.111 e. The topological polar surface area (TPSA) is 92.5 Å². The summed E-state index contributed by atoms with van der Waals surface area (Å²) in [6.07, 6.45) is 0.502. The molecule has 0 aromatic rings. The van der Waals surface area contributed by atoms with E-state index < -0.39 is 17.9 Å².